The molecule has 0 saturated carbocycles. The van der Waals surface area contributed by atoms with Crippen molar-refractivity contribution in [3.63, 3.8) is 0 Å². The molecule has 1 aromatic carbocycles. The maximum absolute atomic E-state index is 13.7. The molecule has 1 amide bonds. The number of nitrogens with one attached hydrogen (secondary N) is 2. The molecule has 1 aromatic heterocycles. The molecule has 0 bridgehead atoms. The summed E-state index contributed by atoms with van der Waals surface area (Å²) >= 11 is 0. The summed E-state index contributed by atoms with van der Waals surface area (Å²) in [4.78, 5) is 26.6. The van der Waals surface area contributed by atoms with E-state index in [2.05, 4.69) is 10.3 Å². The highest BCUT2D eigenvalue weighted by Gasteiger charge is 2.26. The van der Waals surface area contributed by atoms with Crippen molar-refractivity contribution in [2.24, 2.45) is 0 Å². The van der Waals surface area contributed by atoms with Gasteiger partial charge in [-0.25, -0.2) is 4.39 Å². The van der Waals surface area contributed by atoms with Crippen LogP contribution in [0.1, 0.15) is 39.6 Å². The lowest BCUT2D eigenvalue weighted by Crippen LogP contribution is -2.32. The number of aromatic nitrogens is 1. The maximum atomic E-state index is 13.7. The Kier molecular flexibility index (Phi) is 3.33. The van der Waals surface area contributed by atoms with Gasteiger partial charge < -0.3 is 10.3 Å². The first kappa shape index (κ1) is 13.5. The second-order valence-electron chi connectivity index (χ2n) is 5.26. The van der Waals surface area contributed by atoms with E-state index in [0.29, 0.717) is 24.1 Å². The van der Waals surface area contributed by atoms with Crippen LogP contribution < -0.4 is 10.9 Å². The average molecular weight is 286 g/mol. The first-order valence-corrected chi connectivity index (χ1v) is 6.84. The molecule has 0 radical (unpaired) electrons. The van der Waals surface area contributed by atoms with Gasteiger partial charge in [-0.3, -0.25) is 9.59 Å². The van der Waals surface area contributed by atoms with Crippen LogP contribution in [0.3, 0.4) is 0 Å². The number of hydrogen-bond acceptors (Lipinski definition) is 2. The first-order valence-electron chi connectivity index (χ1n) is 6.84. The molecule has 5 heteroatoms. The molecule has 1 atom stereocenters. The minimum atomic E-state index is -0.432. The van der Waals surface area contributed by atoms with Gasteiger partial charge in [0.1, 0.15) is 11.4 Å². The van der Waals surface area contributed by atoms with E-state index in [9.17, 15) is 14.0 Å². The largest absolute Gasteiger partial charge is 0.345 e. The number of benzene rings is 1. The van der Waals surface area contributed by atoms with Crippen molar-refractivity contribution in [2.45, 2.75) is 25.8 Å². The van der Waals surface area contributed by atoms with Crippen LogP contribution in [-0.2, 0) is 6.42 Å². The minimum Gasteiger partial charge on any atom is -0.345 e. The Morgan fingerprint density at radius 1 is 1.33 bits per heavy atom. The topological polar surface area (TPSA) is 62.0 Å². The Hall–Kier alpha value is -2.43. The lowest BCUT2D eigenvalue weighted by Gasteiger charge is -2.14. The number of carbonyl (C=O) groups excluding carboxylic acids is 1. The standard InChI is InChI=1S/C16H15FN2O2/c1-9-5-6-12(15(20)18-9)16(21)19-14-8-7-10-11(14)3-2-4-13(10)17/h2-6,14H,7-8H2,1H3,(H,18,20)(H,19,21). The fourth-order valence-electron chi connectivity index (χ4n) is 2.75. The van der Waals surface area contributed by atoms with E-state index in [1.54, 1.807) is 19.1 Å². The molecule has 1 unspecified atom stereocenters. The zero-order valence-corrected chi connectivity index (χ0v) is 11.6. The molecule has 21 heavy (non-hydrogen) atoms. The van der Waals surface area contributed by atoms with Crippen molar-refractivity contribution in [1.82, 2.24) is 10.3 Å². The summed E-state index contributed by atoms with van der Waals surface area (Å²) in [6.45, 7) is 1.75. The predicted octanol–water partition coefficient (Wildman–Crippen LogP) is 2.24. The average Bonchev–Trinajstić information content (AvgIpc) is 2.83. The molecule has 1 aliphatic carbocycles. The molecule has 1 aliphatic rings. The quantitative estimate of drug-likeness (QED) is 0.889. The van der Waals surface area contributed by atoms with Crippen LogP contribution >= 0.6 is 0 Å². The van der Waals surface area contributed by atoms with Gasteiger partial charge in [0.05, 0.1) is 6.04 Å². The fraction of sp³-hybridized carbons (Fsp3) is 0.250. The zero-order chi connectivity index (χ0) is 15.0. The van der Waals surface area contributed by atoms with Crippen LogP contribution in [0.5, 0.6) is 0 Å². The number of hydrogen-bond donors (Lipinski definition) is 2. The molecular weight excluding hydrogens is 271 g/mol. The third kappa shape index (κ3) is 2.46. The van der Waals surface area contributed by atoms with E-state index in [4.69, 9.17) is 0 Å². The van der Waals surface area contributed by atoms with Crippen LogP contribution in [0.4, 0.5) is 4.39 Å². The van der Waals surface area contributed by atoms with Gasteiger partial charge in [-0.05, 0) is 49.1 Å². The molecule has 0 aliphatic heterocycles. The van der Waals surface area contributed by atoms with Crippen LogP contribution in [0.15, 0.2) is 35.1 Å². The minimum absolute atomic E-state index is 0.0745. The molecule has 1 heterocycles. The van der Waals surface area contributed by atoms with Gasteiger partial charge in [-0.1, -0.05) is 12.1 Å². The lowest BCUT2D eigenvalue weighted by molar-refractivity contribution is 0.0935. The fourth-order valence-corrected chi connectivity index (χ4v) is 2.75. The van der Waals surface area contributed by atoms with E-state index in [1.165, 1.54) is 12.1 Å². The summed E-state index contributed by atoms with van der Waals surface area (Å²) in [5, 5.41) is 2.81. The lowest BCUT2D eigenvalue weighted by atomic mass is 10.1. The number of amides is 1. The summed E-state index contributed by atoms with van der Waals surface area (Å²) in [5.41, 5.74) is 1.81. The predicted molar refractivity (Wildman–Crippen MR) is 76.7 cm³/mol. The highest BCUT2D eigenvalue weighted by Crippen LogP contribution is 2.32. The molecule has 2 N–H and O–H groups in total. The highest BCUT2D eigenvalue weighted by molar-refractivity contribution is 5.94. The number of halogens is 1. The molecule has 0 fully saturated rings. The number of carbonyl (C=O) groups is 1. The Bertz CT molecular complexity index is 767. The number of H-pyrrole nitrogens is 1. The Labute approximate surface area is 121 Å². The van der Waals surface area contributed by atoms with Crippen molar-refractivity contribution in [2.75, 3.05) is 0 Å². The zero-order valence-electron chi connectivity index (χ0n) is 11.6. The van der Waals surface area contributed by atoms with E-state index in [0.717, 1.165) is 5.56 Å². The van der Waals surface area contributed by atoms with E-state index in [1.807, 2.05) is 6.07 Å². The van der Waals surface area contributed by atoms with Crippen molar-refractivity contribution < 1.29 is 9.18 Å². The van der Waals surface area contributed by atoms with Crippen molar-refractivity contribution in [3.05, 3.63) is 68.9 Å². The van der Waals surface area contributed by atoms with Crippen LogP contribution in [0, 0.1) is 12.7 Å². The smallest absolute Gasteiger partial charge is 0.260 e. The van der Waals surface area contributed by atoms with Crippen molar-refractivity contribution in [3.8, 4) is 0 Å². The number of aryl methyl sites for hydroxylation is 1. The summed E-state index contributed by atoms with van der Waals surface area (Å²) in [5.74, 6) is -0.671. The SMILES string of the molecule is Cc1ccc(C(=O)NC2CCc3c(F)cccc32)c(=O)[nH]1. The van der Waals surface area contributed by atoms with Crippen molar-refractivity contribution >= 4 is 5.91 Å². The van der Waals surface area contributed by atoms with E-state index < -0.39 is 11.5 Å². The van der Waals surface area contributed by atoms with Crippen LogP contribution in [-0.4, -0.2) is 10.9 Å². The van der Waals surface area contributed by atoms with Gasteiger partial charge in [-0.2, -0.15) is 0 Å². The van der Waals surface area contributed by atoms with Crippen molar-refractivity contribution in [1.29, 1.82) is 0 Å². The normalized spacial score (nSPS) is 16.6. The van der Waals surface area contributed by atoms with Gasteiger partial charge in [0.25, 0.3) is 11.5 Å². The second-order valence-corrected chi connectivity index (χ2v) is 5.26. The highest BCUT2D eigenvalue weighted by atomic mass is 19.1. The maximum Gasteiger partial charge on any atom is 0.260 e. The molecule has 2 aromatic rings. The molecule has 108 valence electrons. The van der Waals surface area contributed by atoms with Crippen LogP contribution in [0.2, 0.25) is 0 Å². The summed E-state index contributed by atoms with van der Waals surface area (Å²) in [6.07, 6.45) is 1.24. The second kappa shape index (κ2) is 5.16. The van der Waals surface area contributed by atoms with Crippen LogP contribution in [0.25, 0.3) is 0 Å². The summed E-state index contributed by atoms with van der Waals surface area (Å²) < 4.78 is 13.7. The van der Waals surface area contributed by atoms with Gasteiger partial charge in [0.15, 0.2) is 0 Å². The van der Waals surface area contributed by atoms with Gasteiger partial charge in [0.2, 0.25) is 0 Å². The molecule has 0 saturated heterocycles. The van der Waals surface area contributed by atoms with Gasteiger partial charge >= 0.3 is 0 Å². The third-order valence-corrected chi connectivity index (χ3v) is 3.82. The monoisotopic (exact) mass is 286 g/mol. The van der Waals surface area contributed by atoms with E-state index >= 15 is 0 Å². The molecular formula is C16H15FN2O2. The Balaban J connectivity index is 1.84. The Morgan fingerprint density at radius 2 is 2.14 bits per heavy atom. The Morgan fingerprint density at radius 3 is 2.90 bits per heavy atom. The van der Waals surface area contributed by atoms with Gasteiger partial charge in [-0.15, -0.1) is 0 Å². The molecule has 4 nitrogen and oxygen atoms in total. The molecule has 3 rings (SSSR count). The summed E-state index contributed by atoms with van der Waals surface area (Å²) in [7, 11) is 0. The van der Waals surface area contributed by atoms with E-state index in [-0.39, 0.29) is 17.4 Å². The number of aromatic amines is 1. The number of rotatable bonds is 2. The number of fused-ring (bicyclic) bond motifs is 1. The number of pyridine rings is 1. The molecule has 0 spiro atoms. The first-order chi connectivity index (χ1) is 10.1. The third-order valence-electron chi connectivity index (χ3n) is 3.82. The van der Waals surface area contributed by atoms with Gasteiger partial charge in [0, 0.05) is 5.69 Å². The summed E-state index contributed by atoms with van der Waals surface area (Å²) in [6, 6.07) is 7.81.